The smallest absolute Gasteiger partial charge is 0.274 e. The number of fused-ring (bicyclic) bond motifs is 3. The molecule has 0 saturated heterocycles. The van der Waals surface area contributed by atoms with Gasteiger partial charge in [0, 0.05) is 145 Å². The maximum atomic E-state index is 14.3. The van der Waals surface area contributed by atoms with E-state index in [-0.39, 0.29) is 108 Å². The fourth-order valence-corrected chi connectivity index (χ4v) is 9.60. The Hall–Kier alpha value is -5.78. The second-order valence-corrected chi connectivity index (χ2v) is 19.4. The van der Waals surface area contributed by atoms with Crippen LogP contribution in [0.2, 0.25) is 0 Å². The first kappa shape index (κ1) is 64.5. The first-order valence-electron chi connectivity index (χ1n) is 26.6. The van der Waals surface area contributed by atoms with Crippen LogP contribution in [0.15, 0.2) is 41.3 Å². The summed E-state index contributed by atoms with van der Waals surface area (Å²) in [6, 6.07) is 8.82. The van der Waals surface area contributed by atoms with Gasteiger partial charge in [0.2, 0.25) is 11.8 Å². The van der Waals surface area contributed by atoms with E-state index < -0.39 is 24.0 Å². The molecule has 6 amide bonds. The van der Waals surface area contributed by atoms with Crippen molar-refractivity contribution in [1.29, 1.82) is 0 Å². The summed E-state index contributed by atoms with van der Waals surface area (Å²) in [5.41, 5.74) is 7.06. The predicted molar refractivity (Wildman–Crippen MR) is 298 cm³/mol. The minimum Gasteiger partial charge on any atom is -0.653 e. The molecule has 416 valence electrons. The molecule has 76 heavy (non-hydrogen) atoms. The number of aliphatic hydroxyl groups is 1. The molecule has 2 aromatic heterocycles. The van der Waals surface area contributed by atoms with Crippen LogP contribution in [0.3, 0.4) is 0 Å². The van der Waals surface area contributed by atoms with E-state index in [1.165, 1.54) is 29.9 Å². The van der Waals surface area contributed by atoms with E-state index in [1.54, 1.807) is 31.1 Å². The minimum absolute atomic E-state index is 0. The van der Waals surface area contributed by atoms with Crippen molar-refractivity contribution in [2.24, 2.45) is 13.0 Å². The van der Waals surface area contributed by atoms with Crippen molar-refractivity contribution in [3.63, 3.8) is 0 Å². The molecule has 0 radical (unpaired) electrons. The minimum atomic E-state index is -0.813. The van der Waals surface area contributed by atoms with Gasteiger partial charge in [0.15, 0.2) is 0 Å². The van der Waals surface area contributed by atoms with Crippen molar-refractivity contribution in [2.75, 3.05) is 50.9 Å². The van der Waals surface area contributed by atoms with E-state index in [0.717, 1.165) is 52.6 Å². The number of aliphatic hydroxyl groups excluding tert-OH is 1. The van der Waals surface area contributed by atoms with E-state index in [1.807, 2.05) is 58.2 Å². The maximum absolute atomic E-state index is 14.3. The van der Waals surface area contributed by atoms with Gasteiger partial charge in [-0.3, -0.25) is 28.8 Å². The van der Waals surface area contributed by atoms with Crippen LogP contribution in [-0.4, -0.2) is 119 Å². The predicted octanol–water partition coefficient (Wildman–Crippen LogP) is 6.91. The van der Waals surface area contributed by atoms with E-state index in [9.17, 15) is 43.5 Å². The summed E-state index contributed by atoms with van der Waals surface area (Å²) in [5.74, 6) is -0.959. The molecule has 4 heterocycles. The number of aryl methyl sites for hydroxylation is 2. The number of hydrogen-bond acceptors (Lipinski definition) is 11. The molecule has 1 saturated carbocycles. The number of aromatic amines is 1. The van der Waals surface area contributed by atoms with Crippen LogP contribution in [0.5, 0.6) is 0 Å². The number of carbonyl (C=O) groups excluding carboxylic acids is 7. The molecule has 2 aliphatic heterocycles. The number of anilines is 1. The molecule has 7 rings (SSSR count). The number of aromatic nitrogens is 2. The Morgan fingerprint density at radius 1 is 0.895 bits per heavy atom. The average Bonchev–Trinajstić information content (AvgIpc) is 4.08. The van der Waals surface area contributed by atoms with E-state index in [4.69, 9.17) is 0 Å². The van der Waals surface area contributed by atoms with Crippen molar-refractivity contribution >= 4 is 70.1 Å². The molecule has 2 unspecified atom stereocenters. The third-order valence-electron chi connectivity index (χ3n) is 12.7. The molecular weight excluding hydrogens is 1160 g/mol. The van der Waals surface area contributed by atoms with Gasteiger partial charge >= 0.3 is 0 Å². The van der Waals surface area contributed by atoms with Gasteiger partial charge in [-0.25, -0.2) is 0 Å². The van der Waals surface area contributed by atoms with Crippen LogP contribution < -0.4 is 31.7 Å². The average molecular weight is 1240 g/mol. The van der Waals surface area contributed by atoms with Gasteiger partial charge in [0.05, 0.1) is 18.1 Å². The molecular formula is C56H80N9O9SW-. The molecule has 2 atom stereocenters. The van der Waals surface area contributed by atoms with Gasteiger partial charge in [0.1, 0.15) is 17.5 Å². The second-order valence-electron chi connectivity index (χ2n) is 18.5. The first-order valence-corrected chi connectivity index (χ1v) is 28.0. The number of pyridine rings is 1. The summed E-state index contributed by atoms with van der Waals surface area (Å²) in [6.45, 7) is 15.6. The quantitative estimate of drug-likeness (QED) is 0.0329. The van der Waals surface area contributed by atoms with Crippen molar-refractivity contribution < 1.29 is 59.7 Å². The number of H-pyrrole nitrogens is 1. The van der Waals surface area contributed by atoms with Gasteiger partial charge < -0.3 is 60.6 Å². The molecule has 18 nitrogen and oxygen atoms in total. The number of thioether (sulfide) groups is 1. The number of hydrogen-bond donors (Lipinski definition) is 6. The molecule has 3 aliphatic rings. The number of carbonyl (C=O) groups is 7. The van der Waals surface area contributed by atoms with Gasteiger partial charge in [-0.05, 0) is 86.1 Å². The number of amides is 6. The Morgan fingerprint density at radius 3 is 2.22 bits per heavy atom. The molecule has 1 fully saturated rings. The third kappa shape index (κ3) is 16.9. The van der Waals surface area contributed by atoms with Crippen molar-refractivity contribution in [2.45, 2.75) is 137 Å². The Bertz CT molecular complexity index is 2700. The summed E-state index contributed by atoms with van der Waals surface area (Å²) in [6.07, 6.45) is 8.44. The Labute approximate surface area is 466 Å². The zero-order valence-electron chi connectivity index (χ0n) is 46.1. The normalized spacial score (nSPS) is 13.5. The molecule has 4 aromatic rings. The van der Waals surface area contributed by atoms with E-state index >= 15 is 0 Å². The van der Waals surface area contributed by atoms with Gasteiger partial charge in [-0.15, -0.1) is 6.54 Å². The number of nitrogens with one attached hydrogen (secondary N) is 5. The van der Waals surface area contributed by atoms with E-state index in [0.29, 0.717) is 71.7 Å². The summed E-state index contributed by atoms with van der Waals surface area (Å²) >= 11 is 1.59. The Kier molecular flexibility index (Phi) is 27.2. The van der Waals surface area contributed by atoms with Gasteiger partial charge in [-0.1, -0.05) is 60.1 Å². The summed E-state index contributed by atoms with van der Waals surface area (Å²) in [7, 11) is 3.20. The number of benzene rings is 2. The molecule has 2 aromatic carbocycles. The molecule has 6 N–H and O–H groups in total. The molecule has 20 heteroatoms. The second kappa shape index (κ2) is 32.1. The topological polar surface area (TPSA) is 246 Å². The van der Waals surface area contributed by atoms with Crippen LogP contribution in [-0.2, 0) is 72.6 Å². The summed E-state index contributed by atoms with van der Waals surface area (Å²) in [4.78, 5) is 110. The number of nitrogens with zero attached hydrogens (tertiary/aromatic N) is 4. The van der Waals surface area contributed by atoms with Crippen molar-refractivity contribution in [1.82, 2.24) is 35.7 Å². The number of rotatable bonds is 23. The summed E-state index contributed by atoms with van der Waals surface area (Å²) < 4.78 is 1.50. The number of aldehydes is 1. The van der Waals surface area contributed by atoms with E-state index in [2.05, 4.69) is 50.3 Å². The monoisotopic (exact) mass is 1240 g/mol. The molecule has 0 bridgehead atoms. The van der Waals surface area contributed by atoms with Crippen molar-refractivity contribution in [3.05, 3.63) is 91.3 Å². The molecule has 1 aliphatic carbocycles. The Balaban J connectivity index is 0.00000181. The fourth-order valence-electron chi connectivity index (χ4n) is 9.05. The SMILES string of the molecule is CC.CC.CCC.CNC(=O)CCC(C=O)N1Cc2c(CCCNC(=O)c3cc4c(cc3CSC)-c3cn(C)c(=O)c5[nH]c(C(=O)NCCNC(=O)CC[N-]C(=O)CC(C)O)c(c35)CN4CC3CC3)cccc2C1=O.[W]. The van der Waals surface area contributed by atoms with Crippen LogP contribution >= 0.6 is 11.8 Å². The molecule has 0 spiro atoms. The van der Waals surface area contributed by atoms with Crippen LogP contribution in [0.25, 0.3) is 27.3 Å². The zero-order chi connectivity index (χ0) is 55.4. The largest absolute Gasteiger partial charge is 0.653 e. The fraction of sp³-hybridized carbons (Fsp3) is 0.536. The maximum Gasteiger partial charge on any atom is 0.274 e. The Morgan fingerprint density at radius 2 is 1.58 bits per heavy atom. The van der Waals surface area contributed by atoms with Gasteiger partial charge in [0.25, 0.3) is 23.3 Å². The third-order valence-corrected chi connectivity index (χ3v) is 13.3. The zero-order valence-corrected chi connectivity index (χ0v) is 49.9. The van der Waals surface area contributed by atoms with Crippen molar-refractivity contribution in [3.8, 4) is 11.1 Å². The van der Waals surface area contributed by atoms with Crippen LogP contribution in [0.1, 0.15) is 153 Å². The standard InChI is InChI=1S/C49H61N9O9S.C3H8.2C2H6.W/c1-28(60)19-42(63)51-16-14-41(62)52-17-18-54-47(65)44-38-24-57(22-29-10-11-29)39-21-34(31(27-68-4)20-35(39)37-23-56(3)49(67)45(55-44)43(37)38)46(64)53-15-6-8-30-7-5-9-33-36(30)25-58(48(33)66)32(26-59)12-13-40(61)50-2;1-3-2;2*1-2;/h5,7,9,20-21,23,26,28-29,32,60H,6,8,10-19,22,24-25,27H2,1-4H3,(H6,50,51,52,53,54,55,61,62,63,64,65,67);3H2,1-2H3;2*1-2H3;/p-1. The van der Waals surface area contributed by atoms with Crippen LogP contribution in [0.4, 0.5) is 5.69 Å². The first-order chi connectivity index (χ1) is 36.1. The van der Waals surface area contributed by atoms with Gasteiger partial charge in [-0.2, -0.15) is 11.8 Å². The van der Waals surface area contributed by atoms with Crippen LogP contribution in [0, 0.1) is 5.92 Å². The summed E-state index contributed by atoms with van der Waals surface area (Å²) in [5, 5.41) is 25.1.